The summed E-state index contributed by atoms with van der Waals surface area (Å²) >= 11 is 6.34. The number of nitrogens with zero attached hydrogens (tertiary/aromatic N) is 4. The molecule has 1 saturated carbocycles. The second-order valence-electron chi connectivity index (χ2n) is 13.6. The number of halogens is 2. The predicted octanol–water partition coefficient (Wildman–Crippen LogP) is 7.53. The van der Waals surface area contributed by atoms with E-state index in [2.05, 4.69) is 9.97 Å². The summed E-state index contributed by atoms with van der Waals surface area (Å²) in [6.45, 7) is 9.98. The van der Waals surface area contributed by atoms with Gasteiger partial charge in [-0.3, -0.25) is 14.5 Å². The highest BCUT2D eigenvalue weighted by molar-refractivity contribution is 6.31. The molecule has 2 aliphatic rings. The van der Waals surface area contributed by atoms with Crippen LogP contribution in [0.5, 0.6) is 5.88 Å². The van der Waals surface area contributed by atoms with Crippen LogP contribution in [0.3, 0.4) is 0 Å². The third-order valence-electron chi connectivity index (χ3n) is 8.47. The molecular weight excluding hydrogens is 595 g/mol. The van der Waals surface area contributed by atoms with Crippen LogP contribution in [-0.4, -0.2) is 53.2 Å². The number of hydrogen-bond acceptors (Lipinski definition) is 6. The van der Waals surface area contributed by atoms with E-state index in [9.17, 15) is 14.7 Å². The molecule has 1 unspecified atom stereocenters. The molecule has 1 aliphatic heterocycles. The van der Waals surface area contributed by atoms with Gasteiger partial charge < -0.3 is 14.7 Å². The SMILES string of the molecule is Cc1cccc(N(CC(C)(C)C)C(=O)c2c(F)cc(Cl)cc2N2CCC(COc3cc(C(CC(=O)O)C4CC4)ccn3)CC2)n1. The number of aliphatic carboxylic acids is 1. The standard InChI is InChI=1S/C35H42ClFN4O4/c1-22-6-5-7-30(39-22)41(21-35(2,3)4)34(44)33-28(37)17-26(36)18-29(33)40-14-11-23(12-15-40)20-45-31-16-25(10-13-38-31)27(19-32(42)43)24-8-9-24/h5-7,10,13,16-18,23-24,27H,8-9,11-12,14-15,19-21H2,1-4H3,(H,42,43). The molecule has 2 aromatic heterocycles. The van der Waals surface area contributed by atoms with Gasteiger partial charge in [-0.25, -0.2) is 14.4 Å². The molecule has 240 valence electrons. The number of carboxylic acid groups (broad SMARTS) is 1. The smallest absolute Gasteiger partial charge is 0.303 e. The summed E-state index contributed by atoms with van der Waals surface area (Å²) < 4.78 is 21.8. The van der Waals surface area contributed by atoms with Crippen LogP contribution in [0.15, 0.2) is 48.7 Å². The Morgan fingerprint density at radius 2 is 1.87 bits per heavy atom. The Morgan fingerprint density at radius 1 is 1.13 bits per heavy atom. The summed E-state index contributed by atoms with van der Waals surface area (Å²) in [5.41, 5.74) is 1.95. The number of hydrogen-bond donors (Lipinski definition) is 1. The molecule has 3 aromatic rings. The van der Waals surface area contributed by atoms with Crippen LogP contribution >= 0.6 is 11.6 Å². The van der Waals surface area contributed by atoms with Crippen molar-refractivity contribution in [1.29, 1.82) is 0 Å². The van der Waals surface area contributed by atoms with E-state index in [4.69, 9.17) is 16.3 Å². The van der Waals surface area contributed by atoms with E-state index in [1.165, 1.54) is 6.07 Å². The van der Waals surface area contributed by atoms with Gasteiger partial charge in [0.05, 0.1) is 24.3 Å². The Hall–Kier alpha value is -3.72. The van der Waals surface area contributed by atoms with Crippen molar-refractivity contribution in [3.8, 4) is 5.88 Å². The van der Waals surface area contributed by atoms with E-state index < -0.39 is 17.7 Å². The molecule has 1 saturated heterocycles. The Balaban J connectivity index is 1.29. The number of aromatic nitrogens is 2. The largest absolute Gasteiger partial charge is 0.481 e. The highest BCUT2D eigenvalue weighted by atomic mass is 35.5. The molecule has 1 amide bonds. The Kier molecular flexibility index (Phi) is 9.97. The topological polar surface area (TPSA) is 95.9 Å². The fraction of sp³-hybridized carbons (Fsp3) is 0.486. The number of carbonyl (C=O) groups is 2. The number of rotatable bonds is 11. The van der Waals surface area contributed by atoms with Crippen molar-refractivity contribution in [1.82, 2.24) is 9.97 Å². The molecule has 0 spiro atoms. The van der Waals surface area contributed by atoms with Crippen molar-refractivity contribution in [2.75, 3.05) is 36.0 Å². The Bertz CT molecular complexity index is 1530. The Morgan fingerprint density at radius 3 is 2.51 bits per heavy atom. The molecule has 2 fully saturated rings. The lowest BCUT2D eigenvalue weighted by Crippen LogP contribution is -2.41. The van der Waals surface area contributed by atoms with E-state index >= 15 is 4.39 Å². The van der Waals surface area contributed by atoms with Gasteiger partial charge in [0, 0.05) is 42.6 Å². The lowest BCUT2D eigenvalue weighted by atomic mass is 9.92. The second-order valence-corrected chi connectivity index (χ2v) is 14.0. The average Bonchev–Trinajstić information content (AvgIpc) is 3.82. The zero-order valence-electron chi connectivity index (χ0n) is 26.4. The van der Waals surface area contributed by atoms with Crippen molar-refractivity contribution >= 4 is 35.0 Å². The van der Waals surface area contributed by atoms with Crippen molar-refractivity contribution < 1.29 is 23.8 Å². The van der Waals surface area contributed by atoms with Crippen molar-refractivity contribution in [3.63, 3.8) is 0 Å². The molecular formula is C35H42ClFN4O4. The quantitative estimate of drug-likeness (QED) is 0.232. The fourth-order valence-corrected chi connectivity index (χ4v) is 6.29. The van der Waals surface area contributed by atoms with Gasteiger partial charge in [-0.2, -0.15) is 0 Å². The number of aryl methyl sites for hydroxylation is 1. The van der Waals surface area contributed by atoms with Gasteiger partial charge in [0.1, 0.15) is 11.6 Å². The van der Waals surface area contributed by atoms with Gasteiger partial charge in [-0.15, -0.1) is 0 Å². The van der Waals surface area contributed by atoms with E-state index in [1.807, 2.05) is 56.9 Å². The predicted molar refractivity (Wildman–Crippen MR) is 174 cm³/mol. The molecule has 0 bridgehead atoms. The van der Waals surface area contributed by atoms with Crippen LogP contribution in [0.1, 0.15) is 80.4 Å². The molecule has 1 aromatic carbocycles. The maximum Gasteiger partial charge on any atom is 0.303 e. The normalized spacial score (nSPS) is 16.4. The van der Waals surface area contributed by atoms with Gasteiger partial charge in [-0.1, -0.05) is 38.4 Å². The second kappa shape index (κ2) is 13.7. The van der Waals surface area contributed by atoms with Crippen LogP contribution in [0.2, 0.25) is 5.02 Å². The molecule has 10 heteroatoms. The number of amides is 1. The third-order valence-corrected chi connectivity index (χ3v) is 8.69. The molecule has 3 heterocycles. The lowest BCUT2D eigenvalue weighted by molar-refractivity contribution is -0.137. The number of ether oxygens (including phenoxy) is 1. The summed E-state index contributed by atoms with van der Waals surface area (Å²) in [6.07, 6.45) is 5.45. The minimum Gasteiger partial charge on any atom is -0.481 e. The van der Waals surface area contributed by atoms with Crippen LogP contribution in [0, 0.1) is 30.0 Å². The maximum absolute atomic E-state index is 15.7. The highest BCUT2D eigenvalue weighted by Crippen LogP contribution is 2.45. The molecule has 1 aliphatic carbocycles. The van der Waals surface area contributed by atoms with Crippen molar-refractivity contribution in [3.05, 3.63) is 76.3 Å². The highest BCUT2D eigenvalue weighted by Gasteiger charge is 2.34. The third kappa shape index (κ3) is 8.51. The molecule has 8 nitrogen and oxygen atoms in total. The minimum absolute atomic E-state index is 0.00533. The zero-order valence-corrected chi connectivity index (χ0v) is 27.2. The van der Waals surface area contributed by atoms with E-state index in [0.29, 0.717) is 49.5 Å². The Labute approximate surface area is 269 Å². The van der Waals surface area contributed by atoms with Gasteiger partial charge in [0.25, 0.3) is 5.91 Å². The van der Waals surface area contributed by atoms with E-state index in [-0.39, 0.29) is 34.3 Å². The first-order valence-electron chi connectivity index (χ1n) is 15.7. The average molecular weight is 637 g/mol. The monoisotopic (exact) mass is 636 g/mol. The number of benzene rings is 1. The summed E-state index contributed by atoms with van der Waals surface area (Å²) in [5, 5.41) is 9.61. The number of anilines is 2. The number of carboxylic acids is 1. The summed E-state index contributed by atoms with van der Waals surface area (Å²) in [7, 11) is 0. The van der Waals surface area contributed by atoms with Gasteiger partial charge in [0.15, 0.2) is 0 Å². The molecule has 1 atom stereocenters. The first kappa shape index (κ1) is 32.7. The van der Waals surface area contributed by atoms with Crippen LogP contribution < -0.4 is 14.5 Å². The van der Waals surface area contributed by atoms with Gasteiger partial charge in [0.2, 0.25) is 5.88 Å². The van der Waals surface area contributed by atoms with Crippen LogP contribution in [0.4, 0.5) is 15.9 Å². The van der Waals surface area contributed by atoms with Crippen molar-refractivity contribution in [2.45, 2.75) is 65.7 Å². The first-order chi connectivity index (χ1) is 21.4. The summed E-state index contributed by atoms with van der Waals surface area (Å²) in [4.78, 5) is 38.1. The van der Waals surface area contributed by atoms with Crippen LogP contribution in [-0.2, 0) is 4.79 Å². The summed E-state index contributed by atoms with van der Waals surface area (Å²) in [5.74, 6) is -0.295. The number of carbonyl (C=O) groups excluding carboxylic acids is 1. The van der Waals surface area contributed by atoms with Gasteiger partial charge >= 0.3 is 5.97 Å². The lowest BCUT2D eigenvalue weighted by Gasteiger charge is -2.36. The summed E-state index contributed by atoms with van der Waals surface area (Å²) in [6, 6.07) is 12.1. The number of piperidine rings is 1. The zero-order chi connectivity index (χ0) is 32.3. The first-order valence-corrected chi connectivity index (χ1v) is 16.1. The van der Waals surface area contributed by atoms with E-state index in [1.54, 1.807) is 23.2 Å². The van der Waals surface area contributed by atoms with Gasteiger partial charge in [-0.05, 0) is 91.7 Å². The molecule has 5 rings (SSSR count). The minimum atomic E-state index is -0.795. The van der Waals surface area contributed by atoms with Crippen LogP contribution in [0.25, 0.3) is 0 Å². The molecule has 0 radical (unpaired) electrons. The molecule has 1 N–H and O–H groups in total. The number of pyridine rings is 2. The maximum atomic E-state index is 15.7. The van der Waals surface area contributed by atoms with E-state index in [0.717, 1.165) is 36.9 Å². The fourth-order valence-electron chi connectivity index (χ4n) is 6.09. The molecule has 45 heavy (non-hydrogen) atoms. The van der Waals surface area contributed by atoms with Crippen molar-refractivity contribution in [2.24, 2.45) is 17.3 Å².